The molecule has 172 valence electrons. The van der Waals surface area contributed by atoms with E-state index in [1.165, 1.54) is 16.0 Å². The SMILES string of the molecule is C=Cc1ccc(C[NH+](CCC[Si](OC)(OC)OC)CCNCc2ccccc2)cc1.[Cl-]. The van der Waals surface area contributed by atoms with Crippen molar-refractivity contribution in [2.75, 3.05) is 41.0 Å². The fraction of sp³-hybridized carbons (Fsp3) is 0.417. The van der Waals surface area contributed by atoms with E-state index in [1.807, 2.05) is 6.08 Å². The molecule has 2 rings (SSSR count). The number of hydrogen-bond donors (Lipinski definition) is 2. The van der Waals surface area contributed by atoms with E-state index in [1.54, 1.807) is 21.3 Å². The second kappa shape index (κ2) is 15.3. The van der Waals surface area contributed by atoms with Crippen LogP contribution in [0.4, 0.5) is 0 Å². The third-order valence-electron chi connectivity index (χ3n) is 5.44. The highest BCUT2D eigenvalue weighted by molar-refractivity contribution is 6.60. The molecule has 31 heavy (non-hydrogen) atoms. The third-order valence-corrected chi connectivity index (χ3v) is 8.28. The summed E-state index contributed by atoms with van der Waals surface area (Å²) in [5.41, 5.74) is 3.81. The van der Waals surface area contributed by atoms with Gasteiger partial charge in [0.1, 0.15) is 6.54 Å². The number of nitrogens with one attached hydrogen (secondary N) is 2. The molecule has 0 bridgehead atoms. The highest BCUT2D eigenvalue weighted by atomic mass is 35.5. The molecule has 0 radical (unpaired) electrons. The van der Waals surface area contributed by atoms with Crippen LogP contribution in [0.3, 0.4) is 0 Å². The smallest absolute Gasteiger partial charge is 0.500 e. The zero-order valence-corrected chi connectivity index (χ0v) is 20.8. The van der Waals surface area contributed by atoms with Crippen molar-refractivity contribution in [3.63, 3.8) is 0 Å². The van der Waals surface area contributed by atoms with E-state index in [0.29, 0.717) is 0 Å². The van der Waals surface area contributed by atoms with Crippen LogP contribution in [-0.4, -0.2) is 49.8 Å². The number of hydrogen-bond acceptors (Lipinski definition) is 4. The van der Waals surface area contributed by atoms with Crippen molar-refractivity contribution < 1.29 is 30.6 Å². The van der Waals surface area contributed by atoms with Crippen molar-refractivity contribution in [2.24, 2.45) is 0 Å². The predicted molar refractivity (Wildman–Crippen MR) is 125 cm³/mol. The molecule has 7 heteroatoms. The zero-order chi connectivity index (χ0) is 21.7. The summed E-state index contributed by atoms with van der Waals surface area (Å²) < 4.78 is 16.7. The summed E-state index contributed by atoms with van der Waals surface area (Å²) in [6.07, 6.45) is 2.88. The lowest BCUT2D eigenvalue weighted by atomic mass is 10.1. The Balaban J connectivity index is 0.00000480. The molecule has 2 aromatic carbocycles. The van der Waals surface area contributed by atoms with Crippen LogP contribution in [0.1, 0.15) is 23.1 Å². The molecule has 0 aromatic heterocycles. The molecule has 0 fully saturated rings. The van der Waals surface area contributed by atoms with Gasteiger partial charge < -0.3 is 35.9 Å². The van der Waals surface area contributed by atoms with E-state index >= 15 is 0 Å². The first-order chi connectivity index (χ1) is 14.6. The second-order valence-electron chi connectivity index (χ2n) is 7.43. The minimum absolute atomic E-state index is 0. The van der Waals surface area contributed by atoms with Crippen molar-refractivity contribution in [1.29, 1.82) is 0 Å². The molecule has 0 saturated carbocycles. The number of quaternary nitrogens is 1. The zero-order valence-electron chi connectivity index (χ0n) is 19.0. The summed E-state index contributed by atoms with van der Waals surface area (Å²) in [7, 11) is 2.53. The first kappa shape index (κ1) is 27.5. The van der Waals surface area contributed by atoms with E-state index in [4.69, 9.17) is 13.3 Å². The molecule has 0 spiro atoms. The maximum atomic E-state index is 5.57. The van der Waals surface area contributed by atoms with Gasteiger partial charge >= 0.3 is 8.80 Å². The first-order valence-electron chi connectivity index (χ1n) is 10.6. The van der Waals surface area contributed by atoms with Crippen LogP contribution in [0.5, 0.6) is 0 Å². The van der Waals surface area contributed by atoms with Gasteiger partial charge in [-0.05, 0) is 11.1 Å². The predicted octanol–water partition coefficient (Wildman–Crippen LogP) is -0.223. The minimum atomic E-state index is -2.51. The summed E-state index contributed by atoms with van der Waals surface area (Å²) in [5.74, 6) is 0. The summed E-state index contributed by atoms with van der Waals surface area (Å²) in [4.78, 5) is 1.54. The molecule has 0 aliphatic carbocycles. The molecule has 0 aliphatic heterocycles. The first-order valence-corrected chi connectivity index (χ1v) is 12.5. The van der Waals surface area contributed by atoms with Gasteiger partial charge in [-0.15, -0.1) is 0 Å². The molecule has 0 heterocycles. The Kier molecular flexibility index (Phi) is 13.6. The van der Waals surface area contributed by atoms with Crippen molar-refractivity contribution in [3.05, 3.63) is 77.9 Å². The molecule has 0 aliphatic rings. The van der Waals surface area contributed by atoms with E-state index < -0.39 is 8.80 Å². The Bertz CT molecular complexity index is 719. The average molecular weight is 465 g/mol. The third kappa shape index (κ3) is 9.66. The van der Waals surface area contributed by atoms with Crippen LogP contribution in [0.25, 0.3) is 6.08 Å². The summed E-state index contributed by atoms with van der Waals surface area (Å²) in [6, 6.07) is 20.0. The van der Waals surface area contributed by atoms with Crippen LogP contribution in [0.2, 0.25) is 6.04 Å². The van der Waals surface area contributed by atoms with Gasteiger partial charge in [0.15, 0.2) is 0 Å². The van der Waals surface area contributed by atoms with Crippen molar-refractivity contribution in [3.8, 4) is 0 Å². The molecular formula is C24H37ClN2O3Si. The molecule has 2 N–H and O–H groups in total. The Morgan fingerprint density at radius 2 is 1.55 bits per heavy atom. The van der Waals surface area contributed by atoms with Gasteiger partial charge in [0.2, 0.25) is 0 Å². The molecular weight excluding hydrogens is 428 g/mol. The van der Waals surface area contributed by atoms with Crippen LogP contribution in [-0.2, 0) is 26.4 Å². The number of rotatable bonds is 15. The van der Waals surface area contributed by atoms with Crippen LogP contribution in [0, 0.1) is 0 Å². The summed E-state index contributed by atoms with van der Waals surface area (Å²) in [5, 5.41) is 3.58. The van der Waals surface area contributed by atoms with Crippen LogP contribution >= 0.6 is 0 Å². The van der Waals surface area contributed by atoms with Crippen LogP contribution < -0.4 is 22.6 Å². The lowest BCUT2D eigenvalue weighted by Gasteiger charge is -2.26. The van der Waals surface area contributed by atoms with E-state index in [0.717, 1.165) is 50.8 Å². The molecule has 1 atom stereocenters. The van der Waals surface area contributed by atoms with Gasteiger partial charge in [-0.1, -0.05) is 67.3 Å². The maximum absolute atomic E-state index is 5.57. The lowest BCUT2D eigenvalue weighted by Crippen LogP contribution is -3.11. The van der Waals surface area contributed by atoms with Gasteiger partial charge in [-0.2, -0.15) is 0 Å². The van der Waals surface area contributed by atoms with Gasteiger partial charge in [-0.3, -0.25) is 0 Å². The minimum Gasteiger partial charge on any atom is -1.00 e. The highest BCUT2D eigenvalue weighted by Gasteiger charge is 2.37. The standard InChI is InChI=1S/C24H36N2O3Si.ClH/c1-5-22-12-14-24(15-13-22)21-26(17-9-19-30(27-2,28-3)29-4)18-16-25-20-23-10-7-6-8-11-23;/h5-8,10-15,25H,1,9,16-21H2,2-4H3;1H. The topological polar surface area (TPSA) is 44.2 Å². The van der Waals surface area contributed by atoms with Gasteiger partial charge in [-0.25, -0.2) is 0 Å². The van der Waals surface area contributed by atoms with Crippen molar-refractivity contribution in [1.82, 2.24) is 5.32 Å². The van der Waals surface area contributed by atoms with E-state index in [9.17, 15) is 0 Å². The molecule has 2 aromatic rings. The Morgan fingerprint density at radius 1 is 0.903 bits per heavy atom. The van der Waals surface area contributed by atoms with E-state index in [-0.39, 0.29) is 12.4 Å². The van der Waals surface area contributed by atoms with Crippen molar-refractivity contribution >= 4 is 14.9 Å². The Morgan fingerprint density at radius 3 is 2.13 bits per heavy atom. The molecule has 5 nitrogen and oxygen atoms in total. The second-order valence-corrected chi connectivity index (χ2v) is 10.5. The molecule has 0 amide bonds. The highest BCUT2D eigenvalue weighted by Crippen LogP contribution is 2.14. The largest absolute Gasteiger partial charge is 1.00 e. The van der Waals surface area contributed by atoms with Crippen molar-refractivity contribution in [2.45, 2.75) is 25.6 Å². The van der Waals surface area contributed by atoms with Gasteiger partial charge in [0.25, 0.3) is 0 Å². The lowest BCUT2D eigenvalue weighted by molar-refractivity contribution is -0.912. The summed E-state index contributed by atoms with van der Waals surface area (Å²) >= 11 is 0. The Labute approximate surface area is 195 Å². The fourth-order valence-electron chi connectivity index (χ4n) is 3.57. The monoisotopic (exact) mass is 464 g/mol. The molecule has 1 unspecified atom stereocenters. The number of halogens is 1. The molecule has 0 saturated heterocycles. The van der Waals surface area contributed by atoms with Gasteiger partial charge in [0, 0.05) is 52.4 Å². The quantitative estimate of drug-likeness (QED) is 0.282. The van der Waals surface area contributed by atoms with E-state index in [2.05, 4.69) is 66.5 Å². The van der Waals surface area contributed by atoms with Gasteiger partial charge in [0.05, 0.1) is 13.1 Å². The normalized spacial score (nSPS) is 12.2. The summed E-state index contributed by atoms with van der Waals surface area (Å²) in [6.45, 7) is 8.79. The average Bonchev–Trinajstić information content (AvgIpc) is 2.81. The fourth-order valence-corrected chi connectivity index (χ4v) is 5.29. The maximum Gasteiger partial charge on any atom is 0.500 e. The van der Waals surface area contributed by atoms with Crippen LogP contribution in [0.15, 0.2) is 61.2 Å². The number of benzene rings is 2. The Hall–Kier alpha value is -1.51.